The van der Waals surface area contributed by atoms with Crippen molar-refractivity contribution >= 4 is 11.8 Å². The molecule has 0 bridgehead atoms. The van der Waals surface area contributed by atoms with Crippen LogP contribution in [0.5, 0.6) is 0 Å². The molecule has 2 amide bonds. The topological polar surface area (TPSA) is 53.1 Å². The molecule has 2 aliphatic heterocycles. The Hall–Kier alpha value is -1.92. The third-order valence-corrected chi connectivity index (χ3v) is 5.13. The fourth-order valence-corrected chi connectivity index (χ4v) is 3.40. The second-order valence-electron chi connectivity index (χ2n) is 6.81. The van der Waals surface area contributed by atoms with Crippen LogP contribution in [0.1, 0.15) is 22.8 Å². The average molecular weight is 345 g/mol. The maximum atomic E-state index is 12.6. The molecule has 1 aromatic carbocycles. The number of hydrogen-bond acceptors (Lipinski definition) is 4. The molecule has 1 atom stereocenters. The molecule has 0 radical (unpaired) electrons. The molecule has 0 saturated carbocycles. The van der Waals surface area contributed by atoms with Crippen molar-refractivity contribution in [2.24, 2.45) is 0 Å². The third-order valence-electron chi connectivity index (χ3n) is 5.13. The second-order valence-corrected chi connectivity index (χ2v) is 6.81. The monoisotopic (exact) mass is 345 g/mol. The Morgan fingerprint density at radius 3 is 2.12 bits per heavy atom. The number of benzene rings is 1. The van der Waals surface area contributed by atoms with Gasteiger partial charge in [0.2, 0.25) is 5.91 Å². The Bertz CT molecular complexity index is 603. The highest BCUT2D eigenvalue weighted by Crippen LogP contribution is 2.13. The Labute approximate surface area is 149 Å². The number of aryl methyl sites for hydroxylation is 1. The van der Waals surface area contributed by atoms with E-state index in [0.717, 1.165) is 24.2 Å². The number of amides is 2. The summed E-state index contributed by atoms with van der Waals surface area (Å²) in [6.45, 7) is 9.36. The molecule has 0 spiro atoms. The van der Waals surface area contributed by atoms with Gasteiger partial charge in [-0.3, -0.25) is 14.5 Å². The van der Waals surface area contributed by atoms with Crippen molar-refractivity contribution in [1.29, 1.82) is 0 Å². The number of ether oxygens (including phenoxy) is 1. The zero-order chi connectivity index (χ0) is 17.8. The van der Waals surface area contributed by atoms with Gasteiger partial charge in [-0.1, -0.05) is 17.7 Å². The first-order valence-electron chi connectivity index (χ1n) is 9.03. The first-order valence-corrected chi connectivity index (χ1v) is 9.03. The van der Waals surface area contributed by atoms with E-state index >= 15 is 0 Å². The van der Waals surface area contributed by atoms with Crippen molar-refractivity contribution < 1.29 is 14.3 Å². The molecule has 0 unspecified atom stereocenters. The standard InChI is InChI=1S/C19H27N3O3/c1-15-3-5-17(6-4-15)19(24)21-9-7-20(8-10-21)16(2)18(23)22-11-13-25-14-12-22/h3-6,16H,7-14H2,1-2H3/t16-/m1/s1. The molecule has 2 aliphatic rings. The van der Waals surface area contributed by atoms with E-state index in [2.05, 4.69) is 4.90 Å². The molecular formula is C19H27N3O3. The fourth-order valence-electron chi connectivity index (χ4n) is 3.40. The molecule has 2 saturated heterocycles. The van der Waals surface area contributed by atoms with E-state index < -0.39 is 0 Å². The summed E-state index contributed by atoms with van der Waals surface area (Å²) in [4.78, 5) is 31.1. The zero-order valence-corrected chi connectivity index (χ0v) is 15.1. The molecule has 0 N–H and O–H groups in total. The van der Waals surface area contributed by atoms with Crippen LogP contribution in [0, 0.1) is 6.92 Å². The van der Waals surface area contributed by atoms with E-state index in [-0.39, 0.29) is 17.9 Å². The van der Waals surface area contributed by atoms with E-state index in [0.29, 0.717) is 39.4 Å². The number of nitrogens with zero attached hydrogens (tertiary/aromatic N) is 3. The summed E-state index contributed by atoms with van der Waals surface area (Å²) < 4.78 is 5.31. The van der Waals surface area contributed by atoms with Gasteiger partial charge in [0.15, 0.2) is 0 Å². The number of piperazine rings is 1. The maximum Gasteiger partial charge on any atom is 0.253 e. The minimum absolute atomic E-state index is 0.0757. The smallest absolute Gasteiger partial charge is 0.253 e. The molecule has 1 aromatic rings. The molecule has 0 aliphatic carbocycles. The maximum absolute atomic E-state index is 12.6. The largest absolute Gasteiger partial charge is 0.378 e. The van der Waals surface area contributed by atoms with Gasteiger partial charge in [-0.05, 0) is 26.0 Å². The SMILES string of the molecule is Cc1ccc(C(=O)N2CCN([C@H](C)C(=O)N3CCOCC3)CC2)cc1. The average Bonchev–Trinajstić information content (AvgIpc) is 2.67. The summed E-state index contributed by atoms with van der Waals surface area (Å²) in [6.07, 6.45) is 0. The molecular weight excluding hydrogens is 318 g/mol. The fraction of sp³-hybridized carbons (Fsp3) is 0.579. The van der Waals surface area contributed by atoms with E-state index in [1.807, 2.05) is 47.9 Å². The summed E-state index contributed by atoms with van der Waals surface area (Å²) in [5.41, 5.74) is 1.88. The van der Waals surface area contributed by atoms with Crippen LogP contribution in [-0.2, 0) is 9.53 Å². The van der Waals surface area contributed by atoms with E-state index in [1.54, 1.807) is 0 Å². The van der Waals surface area contributed by atoms with Crippen molar-refractivity contribution in [3.63, 3.8) is 0 Å². The quantitative estimate of drug-likeness (QED) is 0.820. The Morgan fingerprint density at radius 2 is 1.52 bits per heavy atom. The number of carbonyl (C=O) groups excluding carboxylic acids is 2. The van der Waals surface area contributed by atoms with E-state index in [4.69, 9.17) is 4.74 Å². The number of carbonyl (C=O) groups is 2. The van der Waals surface area contributed by atoms with Gasteiger partial charge in [-0.15, -0.1) is 0 Å². The van der Waals surface area contributed by atoms with Gasteiger partial charge in [-0.2, -0.15) is 0 Å². The minimum Gasteiger partial charge on any atom is -0.378 e. The molecule has 136 valence electrons. The summed E-state index contributed by atoms with van der Waals surface area (Å²) in [5.74, 6) is 0.244. The minimum atomic E-state index is -0.144. The summed E-state index contributed by atoms with van der Waals surface area (Å²) in [6, 6.07) is 7.55. The van der Waals surface area contributed by atoms with E-state index in [9.17, 15) is 9.59 Å². The van der Waals surface area contributed by atoms with Gasteiger partial charge < -0.3 is 14.5 Å². The summed E-state index contributed by atoms with van der Waals surface area (Å²) >= 11 is 0. The molecule has 6 heteroatoms. The Balaban J connectivity index is 1.53. The highest BCUT2D eigenvalue weighted by Gasteiger charge is 2.30. The van der Waals surface area contributed by atoms with Crippen molar-refractivity contribution in [2.45, 2.75) is 19.9 Å². The first kappa shape index (κ1) is 17.9. The van der Waals surface area contributed by atoms with Gasteiger partial charge in [0.05, 0.1) is 19.3 Å². The zero-order valence-electron chi connectivity index (χ0n) is 15.1. The van der Waals surface area contributed by atoms with Crippen LogP contribution in [0.3, 0.4) is 0 Å². The highest BCUT2D eigenvalue weighted by atomic mass is 16.5. The summed E-state index contributed by atoms with van der Waals surface area (Å²) in [7, 11) is 0. The van der Waals surface area contributed by atoms with Gasteiger partial charge in [-0.25, -0.2) is 0 Å². The lowest BCUT2D eigenvalue weighted by molar-refractivity contribution is -0.141. The van der Waals surface area contributed by atoms with Crippen molar-refractivity contribution in [3.8, 4) is 0 Å². The van der Waals surface area contributed by atoms with Crippen LogP contribution in [0.15, 0.2) is 24.3 Å². The van der Waals surface area contributed by atoms with Gasteiger partial charge in [0.25, 0.3) is 5.91 Å². The molecule has 3 rings (SSSR count). The lowest BCUT2D eigenvalue weighted by Crippen LogP contribution is -2.56. The predicted molar refractivity (Wildman–Crippen MR) is 95.5 cm³/mol. The van der Waals surface area contributed by atoms with Crippen LogP contribution < -0.4 is 0 Å². The van der Waals surface area contributed by atoms with Crippen molar-refractivity contribution in [1.82, 2.24) is 14.7 Å². The normalized spacial score (nSPS) is 20.4. The van der Waals surface area contributed by atoms with Crippen LogP contribution in [0.25, 0.3) is 0 Å². The van der Waals surface area contributed by atoms with Crippen molar-refractivity contribution in [3.05, 3.63) is 35.4 Å². The summed E-state index contributed by atoms with van der Waals surface area (Å²) in [5, 5.41) is 0. The van der Waals surface area contributed by atoms with E-state index in [1.165, 1.54) is 0 Å². The second kappa shape index (κ2) is 7.97. The number of morpholine rings is 1. The first-order chi connectivity index (χ1) is 12.1. The lowest BCUT2D eigenvalue weighted by atomic mass is 10.1. The van der Waals surface area contributed by atoms with Gasteiger partial charge in [0.1, 0.15) is 0 Å². The van der Waals surface area contributed by atoms with Crippen molar-refractivity contribution in [2.75, 3.05) is 52.5 Å². The number of hydrogen-bond donors (Lipinski definition) is 0. The predicted octanol–water partition coefficient (Wildman–Crippen LogP) is 1.00. The molecule has 2 heterocycles. The van der Waals surface area contributed by atoms with Crippen LogP contribution in [0.2, 0.25) is 0 Å². The Kier molecular flexibility index (Phi) is 5.71. The van der Waals surface area contributed by atoms with Crippen LogP contribution in [0.4, 0.5) is 0 Å². The molecule has 0 aromatic heterocycles. The van der Waals surface area contributed by atoms with Gasteiger partial charge >= 0.3 is 0 Å². The molecule has 2 fully saturated rings. The Morgan fingerprint density at radius 1 is 0.920 bits per heavy atom. The molecule has 6 nitrogen and oxygen atoms in total. The number of rotatable bonds is 3. The highest BCUT2D eigenvalue weighted by molar-refractivity contribution is 5.94. The van der Waals surface area contributed by atoms with Crippen LogP contribution >= 0.6 is 0 Å². The third kappa shape index (κ3) is 4.19. The lowest BCUT2D eigenvalue weighted by Gasteiger charge is -2.39. The van der Waals surface area contributed by atoms with Crippen LogP contribution in [-0.4, -0.2) is 85.0 Å². The van der Waals surface area contributed by atoms with Gasteiger partial charge in [0, 0.05) is 44.8 Å². The molecule has 25 heavy (non-hydrogen) atoms.